The Labute approximate surface area is 382 Å². The topological polar surface area (TPSA) is 16.4 Å². The van der Waals surface area contributed by atoms with E-state index in [-0.39, 0.29) is 0 Å². The van der Waals surface area contributed by atoms with E-state index < -0.39 is 0 Å². The molecule has 0 aliphatic carbocycles. The van der Waals surface area contributed by atoms with Crippen LogP contribution in [0.2, 0.25) is 0 Å². The maximum absolute atomic E-state index is 6.28. The van der Waals surface area contributed by atoms with E-state index in [9.17, 15) is 0 Å². The zero-order valence-electron chi connectivity index (χ0n) is 36.0. The molecule has 0 saturated heterocycles. The van der Waals surface area contributed by atoms with Gasteiger partial charge < -0.3 is 9.32 Å². The van der Waals surface area contributed by atoms with Crippen LogP contribution in [0.4, 0.5) is 17.1 Å². The molecule has 0 amide bonds. The molecule has 1 heterocycles. The van der Waals surface area contributed by atoms with Gasteiger partial charge in [0.2, 0.25) is 0 Å². The number of nitrogens with zero attached hydrogens (tertiary/aromatic N) is 1. The zero-order chi connectivity index (χ0) is 43.6. The van der Waals surface area contributed by atoms with Crippen molar-refractivity contribution < 1.29 is 4.42 Å². The van der Waals surface area contributed by atoms with Crippen molar-refractivity contribution in [3.05, 3.63) is 249 Å². The van der Waals surface area contributed by atoms with Crippen LogP contribution in [0.3, 0.4) is 0 Å². The molecule has 2 heteroatoms. The quantitative estimate of drug-likeness (QED) is 0.149. The molecule has 308 valence electrons. The molecule has 0 fully saturated rings. The van der Waals surface area contributed by atoms with Gasteiger partial charge in [0.25, 0.3) is 0 Å². The summed E-state index contributed by atoms with van der Waals surface area (Å²) in [6, 6.07) is 90.3. The summed E-state index contributed by atoms with van der Waals surface area (Å²) in [5, 5.41) is 12.4. The molecule has 0 atom stereocenters. The highest BCUT2D eigenvalue weighted by atomic mass is 16.3. The van der Waals surface area contributed by atoms with Gasteiger partial charge >= 0.3 is 0 Å². The first kappa shape index (κ1) is 37.8. The van der Waals surface area contributed by atoms with Crippen molar-refractivity contribution in [3.63, 3.8) is 0 Å². The molecule has 0 spiro atoms. The molecule has 1 aromatic heterocycles. The predicted octanol–water partition coefficient (Wildman–Crippen LogP) is 18.3. The maximum atomic E-state index is 6.28. The van der Waals surface area contributed by atoms with Gasteiger partial charge in [-0.1, -0.05) is 194 Å². The van der Waals surface area contributed by atoms with Crippen LogP contribution in [0.25, 0.3) is 110 Å². The minimum Gasteiger partial charge on any atom is -0.456 e. The van der Waals surface area contributed by atoms with Gasteiger partial charge in [-0.3, -0.25) is 0 Å². The second kappa shape index (κ2) is 15.5. The maximum Gasteiger partial charge on any atom is 0.136 e. The SMILES string of the molecule is c1ccc(N(c2ccc(-c3ccc4c(ccc5ccccc54)c3)cc2)c2ccc(-c3cccc4oc5ccccc5c34)cc2)c(-c2ccc(-c3ccc4ccc5ccccc5c4c3)cc2)c1. The number of furan rings is 1. The summed E-state index contributed by atoms with van der Waals surface area (Å²) in [5.74, 6) is 0. The van der Waals surface area contributed by atoms with Crippen molar-refractivity contribution in [2.45, 2.75) is 0 Å². The standard InChI is InChI=1S/C64H41NO/c1-3-12-54-44(10-1)27-29-51-40-49(34-39-56(51)54)43-30-35-52(36-31-43)65(53-37-32-47(33-38-53)58-16-9-19-63-64(58)59-15-6-8-18-62(59)66-63)61-17-7-5-14-57(61)46-22-20-42(21-23-46)50-28-26-48-25-24-45-11-2-4-13-55(45)60(48)41-50/h1-41H. The Hall–Kier alpha value is -8.72. The van der Waals surface area contributed by atoms with E-state index in [0.717, 1.165) is 61.3 Å². The van der Waals surface area contributed by atoms with E-state index in [1.165, 1.54) is 65.3 Å². The second-order valence-corrected chi connectivity index (χ2v) is 17.2. The van der Waals surface area contributed by atoms with Crippen LogP contribution in [0.5, 0.6) is 0 Å². The summed E-state index contributed by atoms with van der Waals surface area (Å²) in [6.45, 7) is 0. The number of para-hydroxylation sites is 2. The van der Waals surface area contributed by atoms with Crippen molar-refractivity contribution in [2.24, 2.45) is 0 Å². The minimum atomic E-state index is 0.897. The molecule has 0 aliphatic heterocycles. The first-order chi connectivity index (χ1) is 32.7. The van der Waals surface area contributed by atoms with Gasteiger partial charge in [0, 0.05) is 27.7 Å². The summed E-state index contributed by atoms with van der Waals surface area (Å²) in [4.78, 5) is 2.39. The number of hydrogen-bond acceptors (Lipinski definition) is 2. The lowest BCUT2D eigenvalue weighted by atomic mass is 9.95. The van der Waals surface area contributed by atoms with E-state index in [1.807, 2.05) is 12.1 Å². The lowest BCUT2D eigenvalue weighted by molar-refractivity contribution is 0.669. The Balaban J connectivity index is 0.902. The van der Waals surface area contributed by atoms with Crippen molar-refractivity contribution in [3.8, 4) is 44.5 Å². The van der Waals surface area contributed by atoms with E-state index in [1.54, 1.807) is 0 Å². The second-order valence-electron chi connectivity index (χ2n) is 17.2. The normalized spacial score (nSPS) is 11.6. The first-order valence-corrected chi connectivity index (χ1v) is 22.6. The molecule has 0 N–H and O–H groups in total. The highest BCUT2D eigenvalue weighted by Crippen LogP contribution is 2.44. The van der Waals surface area contributed by atoms with E-state index >= 15 is 0 Å². The first-order valence-electron chi connectivity index (χ1n) is 22.6. The number of rotatable bonds is 7. The molecule has 0 saturated carbocycles. The average Bonchev–Trinajstić information content (AvgIpc) is 3.78. The van der Waals surface area contributed by atoms with E-state index in [2.05, 4.69) is 241 Å². The molecule has 0 radical (unpaired) electrons. The zero-order valence-corrected chi connectivity index (χ0v) is 36.0. The molecular weight excluding hydrogens is 799 g/mol. The summed E-state index contributed by atoms with van der Waals surface area (Å²) >= 11 is 0. The van der Waals surface area contributed by atoms with Crippen LogP contribution in [0.15, 0.2) is 253 Å². The third-order valence-corrected chi connectivity index (χ3v) is 13.5. The smallest absolute Gasteiger partial charge is 0.136 e. The van der Waals surface area contributed by atoms with Crippen LogP contribution in [-0.4, -0.2) is 0 Å². The van der Waals surface area contributed by atoms with Crippen molar-refractivity contribution in [2.75, 3.05) is 4.90 Å². The Bertz CT molecular complexity index is 3970. The van der Waals surface area contributed by atoms with Gasteiger partial charge in [0.15, 0.2) is 0 Å². The molecule has 12 aromatic carbocycles. The molecule has 0 unspecified atom stereocenters. The Kier molecular flexibility index (Phi) is 8.89. The molecule has 13 rings (SSSR count). The Morgan fingerprint density at radius 1 is 0.258 bits per heavy atom. The summed E-state index contributed by atoms with van der Waals surface area (Å²) < 4.78 is 6.28. The fraction of sp³-hybridized carbons (Fsp3) is 0. The van der Waals surface area contributed by atoms with Crippen LogP contribution in [0, 0.1) is 0 Å². The third-order valence-electron chi connectivity index (χ3n) is 13.5. The molecular formula is C64H41NO. The van der Waals surface area contributed by atoms with Crippen LogP contribution >= 0.6 is 0 Å². The van der Waals surface area contributed by atoms with Gasteiger partial charge in [-0.2, -0.15) is 0 Å². The lowest BCUT2D eigenvalue weighted by Crippen LogP contribution is -2.11. The number of hydrogen-bond donors (Lipinski definition) is 0. The molecule has 66 heavy (non-hydrogen) atoms. The fourth-order valence-corrected chi connectivity index (χ4v) is 10.2. The Morgan fingerprint density at radius 3 is 1.45 bits per heavy atom. The van der Waals surface area contributed by atoms with Crippen molar-refractivity contribution in [1.82, 2.24) is 0 Å². The number of fused-ring (bicyclic) bond motifs is 9. The largest absolute Gasteiger partial charge is 0.456 e. The number of benzene rings is 12. The molecule has 13 aromatic rings. The van der Waals surface area contributed by atoms with Gasteiger partial charge in [0.1, 0.15) is 11.2 Å². The van der Waals surface area contributed by atoms with Crippen LogP contribution < -0.4 is 4.90 Å². The van der Waals surface area contributed by atoms with Crippen molar-refractivity contribution >= 4 is 82.1 Å². The molecule has 0 aliphatic rings. The number of anilines is 3. The minimum absolute atomic E-state index is 0.897. The Morgan fingerprint density at radius 2 is 0.712 bits per heavy atom. The summed E-state index contributed by atoms with van der Waals surface area (Å²) in [5.41, 5.74) is 14.4. The monoisotopic (exact) mass is 839 g/mol. The van der Waals surface area contributed by atoms with E-state index in [0.29, 0.717) is 0 Å². The van der Waals surface area contributed by atoms with Gasteiger partial charge in [-0.05, 0) is 137 Å². The van der Waals surface area contributed by atoms with Crippen LogP contribution in [0.1, 0.15) is 0 Å². The lowest BCUT2D eigenvalue weighted by Gasteiger charge is -2.28. The fourth-order valence-electron chi connectivity index (χ4n) is 10.2. The highest BCUT2D eigenvalue weighted by molar-refractivity contribution is 6.13. The van der Waals surface area contributed by atoms with Crippen molar-refractivity contribution in [1.29, 1.82) is 0 Å². The average molecular weight is 840 g/mol. The predicted molar refractivity (Wildman–Crippen MR) is 280 cm³/mol. The summed E-state index contributed by atoms with van der Waals surface area (Å²) in [6.07, 6.45) is 0. The van der Waals surface area contributed by atoms with Gasteiger partial charge in [-0.15, -0.1) is 0 Å². The van der Waals surface area contributed by atoms with Crippen LogP contribution in [-0.2, 0) is 0 Å². The highest BCUT2D eigenvalue weighted by Gasteiger charge is 2.19. The molecule has 2 nitrogen and oxygen atoms in total. The molecule has 0 bridgehead atoms. The van der Waals surface area contributed by atoms with E-state index in [4.69, 9.17) is 4.42 Å². The third kappa shape index (κ3) is 6.42. The summed E-state index contributed by atoms with van der Waals surface area (Å²) in [7, 11) is 0. The van der Waals surface area contributed by atoms with Gasteiger partial charge in [-0.25, -0.2) is 0 Å². The van der Waals surface area contributed by atoms with Gasteiger partial charge in [0.05, 0.1) is 5.69 Å².